The molecule has 3 rings (SSSR count). The molecular formula is C12H12ClN5O. The molecule has 0 atom stereocenters. The first kappa shape index (κ1) is 12.2. The number of fused-ring (bicyclic) bond motifs is 1. The van der Waals surface area contributed by atoms with Crippen molar-refractivity contribution in [3.63, 3.8) is 0 Å². The van der Waals surface area contributed by atoms with Gasteiger partial charge in [0.05, 0.1) is 12.3 Å². The zero-order chi connectivity index (χ0) is 13.4. The Bertz CT molecular complexity index is 720. The van der Waals surface area contributed by atoms with Crippen LogP contribution in [0.15, 0.2) is 11.0 Å². The van der Waals surface area contributed by atoms with Gasteiger partial charge in [-0.1, -0.05) is 12.8 Å². The van der Waals surface area contributed by atoms with Crippen LogP contribution >= 0.6 is 11.6 Å². The fourth-order valence-corrected chi connectivity index (χ4v) is 2.88. The zero-order valence-electron chi connectivity index (χ0n) is 10.2. The maximum atomic E-state index is 12.4. The average Bonchev–Trinajstić information content (AvgIpc) is 2.98. The molecule has 0 unspecified atom stereocenters. The Morgan fingerprint density at radius 2 is 2.21 bits per heavy atom. The number of imidazole rings is 1. The summed E-state index contributed by atoms with van der Waals surface area (Å²) in [6, 6.07) is 2.15. The predicted molar refractivity (Wildman–Crippen MR) is 69.9 cm³/mol. The maximum Gasteiger partial charge on any atom is 0.331 e. The number of rotatable bonds is 2. The molecule has 1 fully saturated rings. The minimum Gasteiger partial charge on any atom is -0.275 e. The predicted octanol–water partition coefficient (Wildman–Crippen LogP) is 1.89. The van der Waals surface area contributed by atoms with E-state index in [0.29, 0.717) is 11.2 Å². The Hall–Kier alpha value is -1.87. The van der Waals surface area contributed by atoms with E-state index in [4.69, 9.17) is 16.9 Å². The quantitative estimate of drug-likeness (QED) is 0.786. The van der Waals surface area contributed by atoms with E-state index in [1.165, 1.54) is 10.8 Å². The van der Waals surface area contributed by atoms with Gasteiger partial charge in [0.2, 0.25) is 5.28 Å². The van der Waals surface area contributed by atoms with Crippen molar-refractivity contribution in [1.29, 1.82) is 5.26 Å². The van der Waals surface area contributed by atoms with Crippen LogP contribution in [0.5, 0.6) is 0 Å². The Labute approximate surface area is 114 Å². The first-order valence-corrected chi connectivity index (χ1v) is 6.60. The minimum absolute atomic E-state index is 0.0000454. The molecule has 0 N–H and O–H groups in total. The molecule has 0 saturated heterocycles. The highest BCUT2D eigenvalue weighted by Crippen LogP contribution is 2.30. The lowest BCUT2D eigenvalue weighted by molar-refractivity contribution is 0.504. The van der Waals surface area contributed by atoms with Crippen LogP contribution in [0.3, 0.4) is 0 Å². The summed E-state index contributed by atoms with van der Waals surface area (Å²) in [6.07, 6.45) is 5.66. The second-order valence-corrected chi connectivity index (χ2v) is 5.02. The molecule has 7 heteroatoms. The van der Waals surface area contributed by atoms with E-state index < -0.39 is 0 Å². The van der Waals surface area contributed by atoms with Crippen LogP contribution < -0.4 is 5.69 Å². The third-order valence-corrected chi connectivity index (χ3v) is 3.78. The van der Waals surface area contributed by atoms with Gasteiger partial charge in [0.1, 0.15) is 12.1 Å². The van der Waals surface area contributed by atoms with Gasteiger partial charge >= 0.3 is 5.69 Å². The summed E-state index contributed by atoms with van der Waals surface area (Å²) in [4.78, 5) is 20.5. The van der Waals surface area contributed by atoms with E-state index in [0.717, 1.165) is 25.7 Å². The molecule has 0 amide bonds. The summed E-state index contributed by atoms with van der Waals surface area (Å²) in [6.45, 7) is 0.0000454. The lowest BCUT2D eigenvalue weighted by Gasteiger charge is -2.09. The summed E-state index contributed by atoms with van der Waals surface area (Å²) in [5.74, 6) is 0. The van der Waals surface area contributed by atoms with Gasteiger partial charge in [-0.25, -0.2) is 9.78 Å². The fourth-order valence-electron chi connectivity index (χ4n) is 2.75. The highest BCUT2D eigenvalue weighted by Gasteiger charge is 2.24. The van der Waals surface area contributed by atoms with Gasteiger partial charge in [-0.2, -0.15) is 10.2 Å². The van der Waals surface area contributed by atoms with Gasteiger partial charge in [0.25, 0.3) is 0 Å². The van der Waals surface area contributed by atoms with E-state index >= 15 is 0 Å². The summed E-state index contributed by atoms with van der Waals surface area (Å²) in [5, 5.41) is 8.97. The molecule has 0 spiro atoms. The Morgan fingerprint density at radius 1 is 1.47 bits per heavy atom. The summed E-state index contributed by atoms with van der Waals surface area (Å²) < 4.78 is 3.08. The van der Waals surface area contributed by atoms with Crippen LogP contribution in [0.1, 0.15) is 31.7 Å². The Balaban J connectivity index is 2.30. The molecule has 2 aromatic heterocycles. The summed E-state index contributed by atoms with van der Waals surface area (Å²) >= 11 is 5.82. The van der Waals surface area contributed by atoms with Crippen LogP contribution in [0.25, 0.3) is 11.2 Å². The maximum absolute atomic E-state index is 12.4. The van der Waals surface area contributed by atoms with E-state index in [1.807, 2.05) is 6.07 Å². The topological polar surface area (TPSA) is 76.5 Å². The Kier molecular flexibility index (Phi) is 2.99. The molecular weight excluding hydrogens is 266 g/mol. The standard InChI is InChI=1S/C12H12ClN5O/c13-11-15-7-9-10(16-11)18(8-3-1-2-4-8)12(19)17(9)6-5-14/h7-8H,1-4,6H2. The number of hydrogen-bond donors (Lipinski definition) is 0. The molecule has 0 aromatic carbocycles. The fraction of sp³-hybridized carbons (Fsp3) is 0.500. The van der Waals surface area contributed by atoms with Crippen molar-refractivity contribution < 1.29 is 0 Å². The SMILES string of the molecule is N#CCn1c(=O)n(C2CCCC2)c2nc(Cl)ncc21. The third-order valence-electron chi connectivity index (χ3n) is 3.60. The van der Waals surface area contributed by atoms with Crippen LogP contribution in [0.4, 0.5) is 0 Å². The smallest absolute Gasteiger partial charge is 0.275 e. The molecule has 1 aliphatic rings. The average molecular weight is 278 g/mol. The summed E-state index contributed by atoms with van der Waals surface area (Å²) in [5.41, 5.74) is 0.912. The van der Waals surface area contributed by atoms with Crippen molar-refractivity contribution >= 4 is 22.8 Å². The molecule has 0 aliphatic heterocycles. The highest BCUT2D eigenvalue weighted by molar-refractivity contribution is 6.28. The molecule has 0 radical (unpaired) electrons. The lowest BCUT2D eigenvalue weighted by Crippen LogP contribution is -2.26. The minimum atomic E-state index is -0.194. The van der Waals surface area contributed by atoms with Crippen molar-refractivity contribution in [1.82, 2.24) is 19.1 Å². The van der Waals surface area contributed by atoms with Crippen molar-refractivity contribution in [2.24, 2.45) is 0 Å². The molecule has 2 aromatic rings. The summed E-state index contributed by atoms with van der Waals surface area (Å²) in [7, 11) is 0. The van der Waals surface area contributed by atoms with E-state index in [2.05, 4.69) is 9.97 Å². The van der Waals surface area contributed by atoms with Gasteiger partial charge in [0.15, 0.2) is 5.65 Å². The zero-order valence-corrected chi connectivity index (χ0v) is 11.0. The number of nitriles is 1. The second-order valence-electron chi connectivity index (χ2n) is 4.68. The van der Waals surface area contributed by atoms with Gasteiger partial charge in [0, 0.05) is 6.04 Å². The van der Waals surface area contributed by atoms with Gasteiger partial charge in [-0.3, -0.25) is 9.13 Å². The van der Waals surface area contributed by atoms with Gasteiger partial charge in [-0.05, 0) is 24.4 Å². The van der Waals surface area contributed by atoms with Crippen LogP contribution in [-0.2, 0) is 6.54 Å². The number of nitrogens with zero attached hydrogens (tertiary/aromatic N) is 5. The van der Waals surface area contributed by atoms with E-state index in [9.17, 15) is 4.79 Å². The number of hydrogen-bond acceptors (Lipinski definition) is 4. The molecule has 19 heavy (non-hydrogen) atoms. The first-order valence-electron chi connectivity index (χ1n) is 6.22. The Morgan fingerprint density at radius 3 is 2.89 bits per heavy atom. The van der Waals surface area contributed by atoms with Crippen molar-refractivity contribution in [3.8, 4) is 6.07 Å². The monoisotopic (exact) mass is 277 g/mol. The first-order chi connectivity index (χ1) is 9.22. The molecule has 2 heterocycles. The molecule has 1 aliphatic carbocycles. The van der Waals surface area contributed by atoms with Crippen LogP contribution in [0.2, 0.25) is 5.28 Å². The highest BCUT2D eigenvalue weighted by atomic mass is 35.5. The third kappa shape index (κ3) is 1.90. The molecule has 6 nitrogen and oxygen atoms in total. The molecule has 98 valence electrons. The molecule has 0 bridgehead atoms. The van der Waals surface area contributed by atoms with Crippen molar-refractivity contribution in [2.75, 3.05) is 0 Å². The number of aromatic nitrogens is 4. The van der Waals surface area contributed by atoms with Crippen molar-refractivity contribution in [2.45, 2.75) is 38.3 Å². The molecule has 1 saturated carbocycles. The van der Waals surface area contributed by atoms with E-state index in [-0.39, 0.29) is 23.6 Å². The largest absolute Gasteiger partial charge is 0.331 e. The van der Waals surface area contributed by atoms with Gasteiger partial charge in [-0.15, -0.1) is 0 Å². The van der Waals surface area contributed by atoms with Gasteiger partial charge < -0.3 is 0 Å². The van der Waals surface area contributed by atoms with Crippen molar-refractivity contribution in [3.05, 3.63) is 22.0 Å². The van der Waals surface area contributed by atoms with Crippen LogP contribution in [0, 0.1) is 11.3 Å². The normalized spacial score (nSPS) is 16.0. The lowest BCUT2D eigenvalue weighted by atomic mass is 10.2. The number of halogens is 1. The second kappa shape index (κ2) is 4.67. The van der Waals surface area contributed by atoms with Crippen LogP contribution in [-0.4, -0.2) is 19.1 Å². The van der Waals surface area contributed by atoms with E-state index in [1.54, 1.807) is 4.57 Å².